The van der Waals surface area contributed by atoms with Crippen LogP contribution in [-0.4, -0.2) is 59.0 Å². The summed E-state index contributed by atoms with van der Waals surface area (Å²) in [5, 5.41) is 19.1. The molecule has 154 valence electrons. The van der Waals surface area contributed by atoms with E-state index in [1.807, 2.05) is 11.8 Å². The van der Waals surface area contributed by atoms with E-state index in [1.165, 1.54) is 55.8 Å². The van der Waals surface area contributed by atoms with Gasteiger partial charge in [0.15, 0.2) is 0 Å². The maximum absolute atomic E-state index is 9.55. The van der Waals surface area contributed by atoms with Crippen molar-refractivity contribution in [3.63, 3.8) is 0 Å². The molecule has 0 spiro atoms. The Kier molecular flexibility index (Phi) is 9.54. The van der Waals surface area contributed by atoms with Crippen LogP contribution in [0.3, 0.4) is 0 Å². The van der Waals surface area contributed by atoms with Crippen molar-refractivity contribution in [1.82, 2.24) is 10.2 Å². The number of benzene rings is 1. The monoisotopic (exact) mass is 406 g/mol. The summed E-state index contributed by atoms with van der Waals surface area (Å²) in [6.45, 7) is 4.83. The third-order valence-electron chi connectivity index (χ3n) is 4.95. The van der Waals surface area contributed by atoms with Gasteiger partial charge in [-0.1, -0.05) is 18.2 Å². The van der Waals surface area contributed by atoms with Gasteiger partial charge >= 0.3 is 11.9 Å². The quantitative estimate of drug-likeness (QED) is 0.451. The summed E-state index contributed by atoms with van der Waals surface area (Å²) < 4.78 is 0. The summed E-state index contributed by atoms with van der Waals surface area (Å²) in [4.78, 5) is 23.3. The highest BCUT2D eigenvalue weighted by Crippen LogP contribution is 2.32. The zero-order valence-corrected chi connectivity index (χ0v) is 17.2. The number of rotatable bonds is 8. The van der Waals surface area contributed by atoms with Crippen LogP contribution in [0.5, 0.6) is 0 Å². The fourth-order valence-corrected chi connectivity index (χ4v) is 3.95. The molecule has 0 aromatic heterocycles. The Morgan fingerprint density at radius 2 is 1.71 bits per heavy atom. The van der Waals surface area contributed by atoms with Gasteiger partial charge < -0.3 is 15.5 Å². The number of nitrogens with one attached hydrogen (secondary N) is 1. The number of carboxylic acids is 2. The maximum atomic E-state index is 9.55. The van der Waals surface area contributed by atoms with E-state index in [0.29, 0.717) is 12.2 Å². The summed E-state index contributed by atoms with van der Waals surface area (Å²) in [6, 6.07) is 9.70. The van der Waals surface area contributed by atoms with Gasteiger partial charge in [-0.25, -0.2) is 9.59 Å². The van der Waals surface area contributed by atoms with Gasteiger partial charge in [-0.2, -0.15) is 0 Å². The van der Waals surface area contributed by atoms with Crippen LogP contribution in [-0.2, 0) is 16.1 Å². The smallest absolute Gasteiger partial charge is 0.328 e. The van der Waals surface area contributed by atoms with Crippen molar-refractivity contribution in [3.05, 3.63) is 42.0 Å². The number of thioether (sulfide) groups is 1. The molecule has 2 aliphatic rings. The van der Waals surface area contributed by atoms with Crippen LogP contribution in [0, 0.1) is 5.92 Å². The summed E-state index contributed by atoms with van der Waals surface area (Å²) in [5.74, 6) is -1.54. The lowest BCUT2D eigenvalue weighted by Crippen LogP contribution is -2.43. The summed E-state index contributed by atoms with van der Waals surface area (Å²) in [6.07, 6.45) is 8.83. The van der Waals surface area contributed by atoms with Crippen molar-refractivity contribution in [2.24, 2.45) is 5.92 Å². The highest BCUT2D eigenvalue weighted by atomic mass is 32.2. The zero-order chi connectivity index (χ0) is 20.4. The van der Waals surface area contributed by atoms with Crippen LogP contribution in [0.4, 0.5) is 0 Å². The van der Waals surface area contributed by atoms with E-state index in [-0.39, 0.29) is 0 Å². The second-order valence-electron chi connectivity index (χ2n) is 7.18. The highest BCUT2D eigenvalue weighted by Gasteiger charge is 2.29. The molecule has 2 fully saturated rings. The van der Waals surface area contributed by atoms with Crippen LogP contribution in [0.25, 0.3) is 0 Å². The number of aliphatic carboxylic acids is 2. The molecular formula is C21H30N2O4S. The Morgan fingerprint density at radius 1 is 1.11 bits per heavy atom. The summed E-state index contributed by atoms with van der Waals surface area (Å²) >= 11 is 1.88. The average molecular weight is 407 g/mol. The van der Waals surface area contributed by atoms with Crippen LogP contribution in [0.2, 0.25) is 0 Å². The molecule has 0 radical (unpaired) electrons. The van der Waals surface area contributed by atoms with Gasteiger partial charge in [0, 0.05) is 36.2 Å². The van der Waals surface area contributed by atoms with Crippen molar-refractivity contribution in [2.75, 3.05) is 25.9 Å². The summed E-state index contributed by atoms with van der Waals surface area (Å²) in [7, 11) is 0. The number of piperidine rings is 1. The van der Waals surface area contributed by atoms with E-state index in [2.05, 4.69) is 40.7 Å². The van der Waals surface area contributed by atoms with Crippen molar-refractivity contribution in [1.29, 1.82) is 0 Å². The first-order valence-corrected chi connectivity index (χ1v) is 10.9. The van der Waals surface area contributed by atoms with E-state index in [9.17, 15) is 9.59 Å². The van der Waals surface area contributed by atoms with E-state index in [1.54, 1.807) is 0 Å². The molecule has 0 bridgehead atoms. The van der Waals surface area contributed by atoms with E-state index < -0.39 is 11.9 Å². The topological polar surface area (TPSA) is 89.9 Å². The van der Waals surface area contributed by atoms with Crippen molar-refractivity contribution >= 4 is 23.7 Å². The first kappa shape index (κ1) is 22.5. The molecule has 1 aromatic carbocycles. The first-order chi connectivity index (χ1) is 13.5. The second-order valence-corrected chi connectivity index (χ2v) is 8.02. The van der Waals surface area contributed by atoms with Gasteiger partial charge in [-0.3, -0.25) is 4.90 Å². The Balaban J connectivity index is 0.000000300. The molecule has 1 saturated heterocycles. The molecule has 1 aliphatic carbocycles. The number of carbonyl (C=O) groups is 2. The Labute approximate surface area is 171 Å². The molecule has 3 rings (SSSR count). The molecular weight excluding hydrogens is 376 g/mol. The number of hydrogen-bond acceptors (Lipinski definition) is 5. The first-order valence-electron chi connectivity index (χ1n) is 9.70. The van der Waals surface area contributed by atoms with Crippen LogP contribution in [0.1, 0.15) is 31.2 Å². The minimum Gasteiger partial charge on any atom is -0.478 e. The number of carboxylic acid groups (broad SMARTS) is 2. The van der Waals surface area contributed by atoms with Gasteiger partial charge in [0.25, 0.3) is 0 Å². The summed E-state index contributed by atoms with van der Waals surface area (Å²) in [5.41, 5.74) is 1.51. The third-order valence-corrected chi connectivity index (χ3v) is 5.79. The van der Waals surface area contributed by atoms with Gasteiger partial charge in [0.05, 0.1) is 0 Å². The fourth-order valence-electron chi connectivity index (χ4n) is 3.34. The van der Waals surface area contributed by atoms with Crippen molar-refractivity contribution < 1.29 is 19.8 Å². The number of nitrogens with zero attached hydrogens (tertiary/aromatic N) is 1. The normalized spacial score (nSPS) is 17.4. The Bertz CT molecular complexity index is 654. The van der Waals surface area contributed by atoms with Gasteiger partial charge in [0.2, 0.25) is 0 Å². The minimum atomic E-state index is -1.26. The average Bonchev–Trinajstić information content (AvgIpc) is 3.51. The van der Waals surface area contributed by atoms with Crippen LogP contribution < -0.4 is 5.32 Å². The molecule has 1 saturated carbocycles. The standard InChI is InChI=1S/C17H26N2S.C4H4O4/c1-20-17-5-3-2-4-15(17)13-19(12-14-6-7-14)16-8-10-18-11-9-16;5-3(6)1-2-4(7)8/h2-5,14,16,18H,6-13H2,1H3;1-2H,(H,5,6)(H,7,8)/b;2-1+. The fraction of sp³-hybridized carbons (Fsp3) is 0.524. The predicted molar refractivity (Wildman–Crippen MR) is 112 cm³/mol. The minimum absolute atomic E-state index is 0.558. The lowest BCUT2D eigenvalue weighted by atomic mass is 10.0. The lowest BCUT2D eigenvalue weighted by molar-refractivity contribution is -0.134. The van der Waals surface area contributed by atoms with E-state index in [4.69, 9.17) is 10.2 Å². The predicted octanol–water partition coefficient (Wildman–Crippen LogP) is 3.08. The molecule has 6 nitrogen and oxygen atoms in total. The third kappa shape index (κ3) is 8.46. The molecule has 28 heavy (non-hydrogen) atoms. The Morgan fingerprint density at radius 3 is 2.25 bits per heavy atom. The Hall–Kier alpha value is -1.83. The lowest BCUT2D eigenvalue weighted by Gasteiger charge is -2.35. The number of hydrogen-bond donors (Lipinski definition) is 3. The van der Waals surface area contributed by atoms with Crippen molar-refractivity contribution in [2.45, 2.75) is 43.2 Å². The van der Waals surface area contributed by atoms with Gasteiger partial charge in [0.1, 0.15) is 0 Å². The largest absolute Gasteiger partial charge is 0.478 e. The molecule has 1 aliphatic heterocycles. The molecule has 3 N–H and O–H groups in total. The van der Waals surface area contributed by atoms with E-state index >= 15 is 0 Å². The van der Waals surface area contributed by atoms with Gasteiger partial charge in [-0.05, 0) is 62.6 Å². The molecule has 1 aromatic rings. The zero-order valence-electron chi connectivity index (χ0n) is 16.3. The van der Waals surface area contributed by atoms with Crippen LogP contribution >= 0.6 is 11.8 Å². The molecule has 7 heteroatoms. The SMILES string of the molecule is CSc1ccccc1CN(CC1CC1)C1CCNCC1.O=C(O)/C=C/C(=O)O. The van der Waals surface area contributed by atoms with Crippen molar-refractivity contribution in [3.8, 4) is 0 Å². The highest BCUT2D eigenvalue weighted by molar-refractivity contribution is 7.98. The van der Waals surface area contributed by atoms with E-state index in [0.717, 1.165) is 18.5 Å². The molecule has 1 heterocycles. The second kappa shape index (κ2) is 11.9. The van der Waals surface area contributed by atoms with Crippen LogP contribution in [0.15, 0.2) is 41.3 Å². The molecule has 0 unspecified atom stereocenters. The molecule has 0 amide bonds. The van der Waals surface area contributed by atoms with Gasteiger partial charge in [-0.15, -0.1) is 11.8 Å². The molecule has 0 atom stereocenters. The maximum Gasteiger partial charge on any atom is 0.328 e.